The molecule has 0 aromatic rings. The van der Waals surface area contributed by atoms with Crippen LogP contribution in [0, 0.1) is 0 Å². The molecule has 0 aliphatic rings. The van der Waals surface area contributed by atoms with Crippen LogP contribution in [0.5, 0.6) is 0 Å². The van der Waals surface area contributed by atoms with Gasteiger partial charge in [0.25, 0.3) is 0 Å². The lowest BCUT2D eigenvalue weighted by molar-refractivity contribution is -0.167. The van der Waals surface area contributed by atoms with E-state index in [1.807, 2.05) is 0 Å². The van der Waals surface area contributed by atoms with Crippen LogP contribution in [0.2, 0.25) is 0 Å². The van der Waals surface area contributed by atoms with Crippen LogP contribution in [0.15, 0.2) is 12.2 Å². The van der Waals surface area contributed by atoms with Crippen LogP contribution in [-0.2, 0) is 28.6 Å². The average molecular weight is 1100 g/mol. The second-order valence-corrected chi connectivity index (χ2v) is 24.5. The lowest BCUT2D eigenvalue weighted by Gasteiger charge is -2.18. The quantitative estimate of drug-likeness (QED) is 0.0261. The molecule has 0 fully saturated rings. The zero-order chi connectivity index (χ0) is 56.4. The third-order valence-corrected chi connectivity index (χ3v) is 16.5. The summed E-state index contributed by atoms with van der Waals surface area (Å²) in [5, 5.41) is 0. The summed E-state index contributed by atoms with van der Waals surface area (Å²) in [6, 6.07) is 0. The van der Waals surface area contributed by atoms with Crippen molar-refractivity contribution in [2.24, 2.45) is 0 Å². The van der Waals surface area contributed by atoms with Crippen LogP contribution < -0.4 is 0 Å². The molecule has 0 rings (SSSR count). The molecule has 1 atom stereocenters. The number of carbonyl (C=O) groups excluding carboxylic acids is 3. The molecular weight excluding hydrogens is 961 g/mol. The van der Waals surface area contributed by atoms with E-state index in [9.17, 15) is 14.4 Å². The molecule has 0 bridgehead atoms. The van der Waals surface area contributed by atoms with Crippen molar-refractivity contribution in [3.05, 3.63) is 12.2 Å². The fourth-order valence-electron chi connectivity index (χ4n) is 11.2. The lowest BCUT2D eigenvalue weighted by atomic mass is 10.0. The average Bonchev–Trinajstić information content (AvgIpc) is 3.44. The van der Waals surface area contributed by atoms with Gasteiger partial charge in [-0.25, -0.2) is 0 Å². The highest BCUT2D eigenvalue weighted by atomic mass is 16.6. The Bertz CT molecular complexity index is 1210. The molecule has 0 aromatic heterocycles. The van der Waals surface area contributed by atoms with Gasteiger partial charge in [0.15, 0.2) is 6.10 Å². The normalized spacial score (nSPS) is 12.0. The van der Waals surface area contributed by atoms with Crippen molar-refractivity contribution in [2.45, 2.75) is 419 Å². The number of unbranched alkanes of at least 4 members (excludes halogenated alkanes) is 54. The van der Waals surface area contributed by atoms with Gasteiger partial charge in [-0.05, 0) is 44.9 Å². The Hall–Kier alpha value is -1.85. The smallest absolute Gasteiger partial charge is 0.306 e. The van der Waals surface area contributed by atoms with E-state index in [2.05, 4.69) is 32.9 Å². The maximum Gasteiger partial charge on any atom is 0.306 e. The first-order valence-corrected chi connectivity index (χ1v) is 35.7. The van der Waals surface area contributed by atoms with Gasteiger partial charge in [0.1, 0.15) is 13.2 Å². The van der Waals surface area contributed by atoms with Crippen LogP contribution in [0.3, 0.4) is 0 Å². The molecule has 1 unspecified atom stereocenters. The molecule has 78 heavy (non-hydrogen) atoms. The molecular formula is C72H138O6. The number of hydrogen-bond donors (Lipinski definition) is 0. The lowest BCUT2D eigenvalue weighted by Crippen LogP contribution is -2.30. The van der Waals surface area contributed by atoms with Crippen molar-refractivity contribution in [1.29, 1.82) is 0 Å². The Balaban J connectivity index is 3.96. The predicted octanol–water partition coefficient (Wildman–Crippen LogP) is 24.4. The molecule has 0 aliphatic heterocycles. The van der Waals surface area contributed by atoms with Crippen LogP contribution >= 0.6 is 0 Å². The zero-order valence-electron chi connectivity index (χ0n) is 53.2. The van der Waals surface area contributed by atoms with Crippen molar-refractivity contribution < 1.29 is 28.6 Å². The maximum atomic E-state index is 12.9. The molecule has 0 heterocycles. The number of esters is 3. The molecule has 6 nitrogen and oxygen atoms in total. The minimum atomic E-state index is -0.763. The van der Waals surface area contributed by atoms with Gasteiger partial charge in [0.05, 0.1) is 0 Å². The van der Waals surface area contributed by atoms with Crippen LogP contribution in [0.4, 0.5) is 0 Å². The number of carbonyl (C=O) groups is 3. The van der Waals surface area contributed by atoms with Crippen molar-refractivity contribution in [3.63, 3.8) is 0 Å². The predicted molar refractivity (Wildman–Crippen MR) is 340 cm³/mol. The maximum absolute atomic E-state index is 12.9. The molecule has 0 saturated heterocycles. The van der Waals surface area contributed by atoms with Gasteiger partial charge in [0, 0.05) is 19.3 Å². The minimum Gasteiger partial charge on any atom is -0.462 e. The molecule has 462 valence electrons. The Morgan fingerprint density at radius 1 is 0.244 bits per heavy atom. The topological polar surface area (TPSA) is 78.9 Å². The summed E-state index contributed by atoms with van der Waals surface area (Å²) in [5.74, 6) is -0.831. The summed E-state index contributed by atoms with van der Waals surface area (Å²) in [7, 11) is 0. The molecule has 0 amide bonds. The number of hydrogen-bond acceptors (Lipinski definition) is 6. The Kier molecular flexibility index (Phi) is 66.0. The van der Waals surface area contributed by atoms with Gasteiger partial charge in [-0.2, -0.15) is 0 Å². The fourth-order valence-corrected chi connectivity index (χ4v) is 11.2. The Labute approximate surface area is 488 Å². The largest absolute Gasteiger partial charge is 0.462 e. The van der Waals surface area contributed by atoms with Crippen molar-refractivity contribution in [3.8, 4) is 0 Å². The summed E-state index contributed by atoms with van der Waals surface area (Å²) < 4.78 is 16.9. The molecule has 0 aromatic carbocycles. The van der Waals surface area contributed by atoms with Crippen LogP contribution in [0.1, 0.15) is 412 Å². The summed E-state index contributed by atoms with van der Waals surface area (Å²) in [6.45, 7) is 6.70. The highest BCUT2D eigenvalue weighted by molar-refractivity contribution is 5.71. The molecule has 6 heteroatoms. The minimum absolute atomic E-state index is 0.0620. The first-order chi connectivity index (χ1) is 38.5. The third kappa shape index (κ3) is 65.0. The van der Waals surface area contributed by atoms with Crippen molar-refractivity contribution in [2.75, 3.05) is 13.2 Å². The summed E-state index contributed by atoms with van der Waals surface area (Å²) in [4.78, 5) is 38.2. The van der Waals surface area contributed by atoms with E-state index >= 15 is 0 Å². The molecule has 0 spiro atoms. The van der Waals surface area contributed by atoms with E-state index in [4.69, 9.17) is 14.2 Å². The highest BCUT2D eigenvalue weighted by Crippen LogP contribution is 2.19. The van der Waals surface area contributed by atoms with Crippen LogP contribution in [-0.4, -0.2) is 37.2 Å². The first-order valence-electron chi connectivity index (χ1n) is 35.7. The van der Waals surface area contributed by atoms with Gasteiger partial charge in [-0.3, -0.25) is 14.4 Å². The fraction of sp³-hybridized carbons (Fsp3) is 0.931. The van der Waals surface area contributed by atoms with Crippen LogP contribution in [0.25, 0.3) is 0 Å². The van der Waals surface area contributed by atoms with E-state index in [0.29, 0.717) is 19.3 Å². The first kappa shape index (κ1) is 76.1. The van der Waals surface area contributed by atoms with E-state index in [-0.39, 0.29) is 31.1 Å². The zero-order valence-corrected chi connectivity index (χ0v) is 53.2. The van der Waals surface area contributed by atoms with Gasteiger partial charge < -0.3 is 14.2 Å². The second-order valence-electron chi connectivity index (χ2n) is 24.5. The standard InChI is InChI=1S/C72H138O6/c1-4-7-10-13-16-19-22-24-26-27-28-29-30-31-32-33-34-35-36-37-38-39-40-41-42-43-44-45-47-48-50-53-56-59-62-65-71(74)77-68-69(67-76-70(73)64-61-58-55-52-21-18-15-12-9-6-3)78-72(75)66-63-60-57-54-51-49-46-25-23-20-17-14-11-8-5-2/h27-28,69H,4-26,29-68H2,1-3H3/b28-27-. The summed E-state index contributed by atoms with van der Waals surface area (Å²) >= 11 is 0. The number of ether oxygens (including phenoxy) is 3. The summed E-state index contributed by atoms with van der Waals surface area (Å²) in [5.41, 5.74) is 0. The highest BCUT2D eigenvalue weighted by Gasteiger charge is 2.19. The Morgan fingerprint density at radius 2 is 0.423 bits per heavy atom. The van der Waals surface area contributed by atoms with E-state index in [0.717, 1.165) is 57.8 Å². The SMILES string of the molecule is CCCCCCCCCC/C=C\CCCCCCCCCCCCCCCCCCCCCCCCCC(=O)OCC(COC(=O)CCCCCCCCCCCC)OC(=O)CCCCCCCCCCCCCCCCC. The van der Waals surface area contributed by atoms with Crippen molar-refractivity contribution in [1.82, 2.24) is 0 Å². The second kappa shape index (κ2) is 67.7. The van der Waals surface area contributed by atoms with E-state index < -0.39 is 6.10 Å². The van der Waals surface area contributed by atoms with Gasteiger partial charge in [0.2, 0.25) is 0 Å². The van der Waals surface area contributed by atoms with E-state index in [1.54, 1.807) is 0 Å². The number of rotatable bonds is 67. The molecule has 0 radical (unpaired) electrons. The van der Waals surface area contributed by atoms with Gasteiger partial charge in [-0.1, -0.05) is 360 Å². The van der Waals surface area contributed by atoms with E-state index in [1.165, 1.54) is 315 Å². The molecule has 0 N–H and O–H groups in total. The molecule has 0 aliphatic carbocycles. The third-order valence-electron chi connectivity index (χ3n) is 16.5. The number of allylic oxidation sites excluding steroid dienone is 2. The van der Waals surface area contributed by atoms with Crippen molar-refractivity contribution >= 4 is 17.9 Å². The van der Waals surface area contributed by atoms with Gasteiger partial charge >= 0.3 is 17.9 Å². The monoisotopic (exact) mass is 1100 g/mol. The molecule has 0 saturated carbocycles. The Morgan fingerprint density at radius 3 is 0.641 bits per heavy atom. The van der Waals surface area contributed by atoms with Gasteiger partial charge in [-0.15, -0.1) is 0 Å². The summed E-state index contributed by atoms with van der Waals surface area (Å²) in [6.07, 6.45) is 81.3.